The minimum absolute atomic E-state index is 0.111. The number of nitrogens with zero attached hydrogens (tertiary/aromatic N) is 2. The van der Waals surface area contributed by atoms with Crippen molar-refractivity contribution in [1.82, 2.24) is 15.3 Å². The molecule has 0 radical (unpaired) electrons. The van der Waals surface area contributed by atoms with E-state index in [1.54, 1.807) is 31.2 Å². The lowest BCUT2D eigenvalue weighted by atomic mass is 9.95. The first-order chi connectivity index (χ1) is 16.7. The number of hydrogen-bond donors (Lipinski definition) is 2. The van der Waals surface area contributed by atoms with Crippen molar-refractivity contribution >= 4 is 5.91 Å². The molecule has 2 heterocycles. The Bertz CT molecular complexity index is 1180. The molecule has 2 aromatic carbocycles. The van der Waals surface area contributed by atoms with Crippen LogP contribution < -0.4 is 15.8 Å². The first-order valence-electron chi connectivity index (χ1n) is 11.1. The molecule has 2 atom stereocenters. The fraction of sp³-hybridized carbons (Fsp3) is 0.320. The van der Waals surface area contributed by atoms with Crippen LogP contribution in [-0.4, -0.2) is 35.2 Å². The summed E-state index contributed by atoms with van der Waals surface area (Å²) in [5, 5.41) is 2.87. The van der Waals surface area contributed by atoms with Crippen LogP contribution >= 0.6 is 0 Å². The van der Waals surface area contributed by atoms with Gasteiger partial charge in [0, 0.05) is 19.2 Å². The van der Waals surface area contributed by atoms with Gasteiger partial charge < -0.3 is 20.5 Å². The van der Waals surface area contributed by atoms with Gasteiger partial charge in [0.2, 0.25) is 0 Å². The van der Waals surface area contributed by atoms with Crippen molar-refractivity contribution in [3.8, 4) is 17.1 Å². The molecular weight excluding hydrogens is 461 g/mol. The van der Waals surface area contributed by atoms with E-state index in [2.05, 4.69) is 15.3 Å². The van der Waals surface area contributed by atoms with Crippen molar-refractivity contribution in [2.75, 3.05) is 13.2 Å². The zero-order chi connectivity index (χ0) is 25.0. The summed E-state index contributed by atoms with van der Waals surface area (Å²) in [5.74, 6) is -0.403. The van der Waals surface area contributed by atoms with E-state index in [0.29, 0.717) is 29.9 Å². The van der Waals surface area contributed by atoms with Gasteiger partial charge in [-0.2, -0.15) is 18.2 Å². The molecule has 0 spiro atoms. The number of halogens is 3. The molecule has 0 saturated carbocycles. The second kappa shape index (κ2) is 10.4. The number of carbonyl (C=O) groups excluding carboxylic acids is 1. The number of aromatic nitrogens is 2. The Hall–Kier alpha value is -3.50. The summed E-state index contributed by atoms with van der Waals surface area (Å²) in [7, 11) is 0. The molecule has 0 aliphatic carbocycles. The highest BCUT2D eigenvalue weighted by Crippen LogP contribution is 2.34. The van der Waals surface area contributed by atoms with E-state index in [1.807, 2.05) is 0 Å². The number of alkyl halides is 3. The average molecular weight is 486 g/mol. The molecule has 1 aliphatic rings. The van der Waals surface area contributed by atoms with E-state index in [-0.39, 0.29) is 30.4 Å². The summed E-state index contributed by atoms with van der Waals surface area (Å²) in [6, 6.07) is 11.7. The van der Waals surface area contributed by atoms with Crippen LogP contribution in [0.4, 0.5) is 13.2 Å². The van der Waals surface area contributed by atoms with Crippen molar-refractivity contribution < 1.29 is 27.4 Å². The zero-order valence-corrected chi connectivity index (χ0v) is 19.0. The molecule has 35 heavy (non-hydrogen) atoms. The van der Waals surface area contributed by atoms with Crippen LogP contribution in [0.2, 0.25) is 0 Å². The first-order valence-corrected chi connectivity index (χ1v) is 11.1. The number of ether oxygens (including phenoxy) is 2. The molecule has 4 rings (SSSR count). The number of benzene rings is 2. The molecule has 1 amide bonds. The summed E-state index contributed by atoms with van der Waals surface area (Å²) >= 11 is 0. The Labute approximate surface area is 200 Å². The van der Waals surface area contributed by atoms with Crippen molar-refractivity contribution in [2.24, 2.45) is 5.73 Å². The van der Waals surface area contributed by atoms with Gasteiger partial charge in [0.05, 0.1) is 24.8 Å². The Morgan fingerprint density at radius 1 is 1.23 bits per heavy atom. The molecule has 3 aromatic rings. The summed E-state index contributed by atoms with van der Waals surface area (Å²) in [6.45, 7) is 2.99. The second-order valence-corrected chi connectivity index (χ2v) is 8.22. The number of amides is 1. The maximum atomic E-state index is 13.2. The third-order valence-corrected chi connectivity index (χ3v) is 5.75. The zero-order valence-electron chi connectivity index (χ0n) is 19.0. The lowest BCUT2D eigenvalue weighted by Crippen LogP contribution is -2.28. The van der Waals surface area contributed by atoms with Crippen LogP contribution in [0.15, 0.2) is 54.7 Å². The maximum Gasteiger partial charge on any atom is 0.416 e. The molecule has 3 N–H and O–H groups in total. The Kier molecular flexibility index (Phi) is 7.32. The van der Waals surface area contributed by atoms with Gasteiger partial charge in [-0.05, 0) is 47.4 Å². The molecule has 1 saturated heterocycles. The Morgan fingerprint density at radius 3 is 2.66 bits per heavy atom. The van der Waals surface area contributed by atoms with Crippen LogP contribution in [0.5, 0.6) is 6.01 Å². The van der Waals surface area contributed by atoms with Crippen LogP contribution in [0, 0.1) is 0 Å². The number of rotatable bonds is 7. The molecule has 2 unspecified atom stereocenters. The number of nitrogens with two attached hydrogens (primary N) is 1. The molecule has 184 valence electrons. The van der Waals surface area contributed by atoms with Crippen molar-refractivity contribution in [3.63, 3.8) is 0 Å². The predicted octanol–water partition coefficient (Wildman–Crippen LogP) is 4.28. The van der Waals surface area contributed by atoms with Gasteiger partial charge >= 0.3 is 12.2 Å². The lowest BCUT2D eigenvalue weighted by Gasteiger charge is -2.16. The molecule has 1 fully saturated rings. The highest BCUT2D eigenvalue weighted by Gasteiger charge is 2.31. The minimum atomic E-state index is -4.45. The summed E-state index contributed by atoms with van der Waals surface area (Å²) in [5.41, 5.74) is 7.58. The minimum Gasteiger partial charge on any atom is -0.458 e. The summed E-state index contributed by atoms with van der Waals surface area (Å²) in [6.07, 6.45) is -2.39. The average Bonchev–Trinajstić information content (AvgIpc) is 3.36. The normalized spacial score (nSPS) is 16.7. The Balaban J connectivity index is 1.46. The standard InChI is InChI=1S/C25H25F3N4O3/c1-15(31-23(33)22-8-10-30-24(32-22)35-20-9-11-34-14-20)16-2-4-17(5-3-16)21-12-19(25(26,27)28)7-6-18(21)13-29/h2-8,10,12,15,20H,9,11,13-14,29H2,1H3,(H,31,33). The van der Waals surface area contributed by atoms with Crippen molar-refractivity contribution in [2.45, 2.75) is 38.2 Å². The van der Waals surface area contributed by atoms with Crippen molar-refractivity contribution in [3.05, 3.63) is 77.1 Å². The smallest absolute Gasteiger partial charge is 0.416 e. The van der Waals surface area contributed by atoms with Crippen LogP contribution in [0.3, 0.4) is 0 Å². The van der Waals surface area contributed by atoms with Gasteiger partial charge in [0.1, 0.15) is 11.8 Å². The van der Waals surface area contributed by atoms with E-state index in [9.17, 15) is 18.0 Å². The maximum absolute atomic E-state index is 13.2. The second-order valence-electron chi connectivity index (χ2n) is 8.22. The third-order valence-electron chi connectivity index (χ3n) is 5.75. The van der Waals surface area contributed by atoms with Crippen LogP contribution in [-0.2, 0) is 17.5 Å². The number of hydrogen-bond acceptors (Lipinski definition) is 6. The van der Waals surface area contributed by atoms with Gasteiger partial charge in [0.15, 0.2) is 0 Å². The molecule has 1 aromatic heterocycles. The van der Waals surface area contributed by atoms with E-state index >= 15 is 0 Å². The van der Waals surface area contributed by atoms with Crippen LogP contribution in [0.25, 0.3) is 11.1 Å². The van der Waals surface area contributed by atoms with E-state index in [4.69, 9.17) is 15.2 Å². The summed E-state index contributed by atoms with van der Waals surface area (Å²) < 4.78 is 50.5. The molecule has 10 heteroatoms. The first kappa shape index (κ1) is 24.6. The highest BCUT2D eigenvalue weighted by atomic mass is 19.4. The largest absolute Gasteiger partial charge is 0.458 e. The SMILES string of the molecule is CC(NC(=O)c1ccnc(OC2CCOC2)n1)c1ccc(-c2cc(C(F)(F)F)ccc2CN)cc1. The molecular formula is C25H25F3N4O3. The highest BCUT2D eigenvalue weighted by molar-refractivity contribution is 5.92. The number of carbonyl (C=O) groups is 1. The topological polar surface area (TPSA) is 99.4 Å². The van der Waals surface area contributed by atoms with E-state index in [0.717, 1.165) is 24.1 Å². The molecule has 1 aliphatic heterocycles. The lowest BCUT2D eigenvalue weighted by molar-refractivity contribution is -0.137. The van der Waals surface area contributed by atoms with Gasteiger partial charge in [-0.15, -0.1) is 0 Å². The number of nitrogens with one attached hydrogen (secondary N) is 1. The summed E-state index contributed by atoms with van der Waals surface area (Å²) in [4.78, 5) is 20.9. The van der Waals surface area contributed by atoms with Crippen LogP contribution in [0.1, 0.15) is 46.6 Å². The Morgan fingerprint density at radius 2 is 2.00 bits per heavy atom. The van der Waals surface area contributed by atoms with Crippen molar-refractivity contribution in [1.29, 1.82) is 0 Å². The monoisotopic (exact) mass is 486 g/mol. The molecule has 7 nitrogen and oxygen atoms in total. The third kappa shape index (κ3) is 5.95. The van der Waals surface area contributed by atoms with Gasteiger partial charge in [0.25, 0.3) is 5.91 Å². The quantitative estimate of drug-likeness (QED) is 0.517. The van der Waals surface area contributed by atoms with Gasteiger partial charge in [-0.3, -0.25) is 4.79 Å². The predicted molar refractivity (Wildman–Crippen MR) is 123 cm³/mol. The fourth-order valence-corrected chi connectivity index (χ4v) is 3.78. The van der Waals surface area contributed by atoms with Gasteiger partial charge in [-0.25, -0.2) is 4.98 Å². The van der Waals surface area contributed by atoms with Gasteiger partial charge in [-0.1, -0.05) is 30.3 Å². The van der Waals surface area contributed by atoms with E-state index < -0.39 is 17.6 Å². The molecule has 0 bridgehead atoms. The van der Waals surface area contributed by atoms with E-state index in [1.165, 1.54) is 18.3 Å². The fourth-order valence-electron chi connectivity index (χ4n) is 3.78.